The average Bonchev–Trinajstić information content (AvgIpc) is 2.74. The highest BCUT2D eigenvalue weighted by Gasteiger charge is 2.13. The molecule has 0 radical (unpaired) electrons. The van der Waals surface area contributed by atoms with Gasteiger partial charge in [-0.25, -0.2) is 4.79 Å². The Morgan fingerprint density at radius 1 is 1.17 bits per heavy atom. The largest absolute Gasteiger partial charge is 0.457 e. The van der Waals surface area contributed by atoms with Crippen LogP contribution < -0.4 is 4.74 Å². The van der Waals surface area contributed by atoms with Crippen molar-refractivity contribution < 1.29 is 14.3 Å². The molecule has 0 saturated heterocycles. The molecule has 1 unspecified atom stereocenters. The topological polar surface area (TPSA) is 40.5 Å². The van der Waals surface area contributed by atoms with Crippen LogP contribution in [0.25, 0.3) is 22.0 Å². The summed E-state index contributed by atoms with van der Waals surface area (Å²) in [6.45, 7) is 9.41. The van der Waals surface area contributed by atoms with Crippen molar-refractivity contribution in [2.75, 3.05) is 6.79 Å². The molecule has 0 spiro atoms. The number of hydrogen-bond donors (Lipinski definition) is 0. The molecular weight excluding hydrogens is 394 g/mol. The number of esters is 1. The lowest BCUT2D eigenvalue weighted by molar-refractivity contribution is -0.145. The number of carbonyl (C=O) groups is 1. The molecule has 0 aliphatic heterocycles. The molecule has 0 aliphatic rings. The summed E-state index contributed by atoms with van der Waals surface area (Å²) in [7, 11) is 0. The Bertz CT molecular complexity index is 1120. The molecule has 3 aromatic rings. The van der Waals surface area contributed by atoms with Crippen molar-refractivity contribution in [3.05, 3.63) is 71.4 Å². The Morgan fingerprint density at radius 3 is 2.53 bits per heavy atom. The van der Waals surface area contributed by atoms with Gasteiger partial charge in [-0.2, -0.15) is 0 Å². The number of pyridine rings is 1. The molecule has 0 amide bonds. The van der Waals surface area contributed by atoms with Crippen LogP contribution in [0, 0.1) is 4.64 Å². The minimum absolute atomic E-state index is 0.151. The highest BCUT2D eigenvalue weighted by Crippen LogP contribution is 2.31. The van der Waals surface area contributed by atoms with Gasteiger partial charge in [0.1, 0.15) is 10.4 Å². The van der Waals surface area contributed by atoms with Crippen molar-refractivity contribution in [1.29, 1.82) is 0 Å². The minimum Gasteiger partial charge on any atom is -0.457 e. The molecule has 1 aromatic heterocycles. The van der Waals surface area contributed by atoms with Gasteiger partial charge in [0, 0.05) is 22.7 Å². The van der Waals surface area contributed by atoms with Crippen LogP contribution in [0.2, 0.25) is 0 Å². The van der Waals surface area contributed by atoms with Gasteiger partial charge in [-0.3, -0.25) is 0 Å². The van der Waals surface area contributed by atoms with E-state index < -0.39 is 5.97 Å². The second-order valence-electron chi connectivity index (χ2n) is 7.43. The van der Waals surface area contributed by atoms with Crippen LogP contribution in [0.3, 0.4) is 0 Å². The smallest absolute Gasteiger partial charge is 0.335 e. The average molecular weight is 422 g/mol. The number of nitrogens with zero attached hydrogens (tertiary/aromatic N) is 1. The zero-order valence-electron chi connectivity index (χ0n) is 17.7. The molecule has 3 rings (SSSR count). The molecule has 0 N–H and O–H groups in total. The standard InChI is InChI=1S/C25H27NO3S/c1-5-8-18(4)26-23-10-7-6-9-20(23)15-22(24(26)30)19-11-13-21(14-12-19)28-16-29-25(27)17(2)3/h6-7,9-15,18H,2,5,8,16H2,1,3-4H3. The third-order valence-electron chi connectivity index (χ3n) is 5.02. The number of ether oxygens (including phenoxy) is 2. The summed E-state index contributed by atoms with van der Waals surface area (Å²) in [6, 6.07) is 18.5. The third kappa shape index (κ3) is 4.79. The third-order valence-corrected chi connectivity index (χ3v) is 5.44. The van der Waals surface area contributed by atoms with E-state index in [-0.39, 0.29) is 6.79 Å². The number of fused-ring (bicyclic) bond motifs is 1. The fraction of sp³-hybridized carbons (Fsp3) is 0.280. The molecule has 30 heavy (non-hydrogen) atoms. The Hall–Kier alpha value is -2.92. The fourth-order valence-corrected chi connectivity index (χ4v) is 3.94. The van der Waals surface area contributed by atoms with Gasteiger partial charge in [0.2, 0.25) is 6.79 Å². The zero-order valence-corrected chi connectivity index (χ0v) is 18.5. The maximum Gasteiger partial charge on any atom is 0.335 e. The number of para-hydroxylation sites is 1. The minimum atomic E-state index is -0.468. The lowest BCUT2D eigenvalue weighted by atomic mass is 10.0. The Kier molecular flexibility index (Phi) is 7.06. The number of carbonyl (C=O) groups excluding carboxylic acids is 1. The summed E-state index contributed by atoms with van der Waals surface area (Å²) >= 11 is 5.91. The maximum atomic E-state index is 11.4. The van der Waals surface area contributed by atoms with Crippen molar-refractivity contribution in [3.63, 3.8) is 0 Å². The van der Waals surface area contributed by atoms with Crippen LogP contribution in [0.5, 0.6) is 5.75 Å². The lowest BCUT2D eigenvalue weighted by Crippen LogP contribution is -2.10. The fourth-order valence-electron chi connectivity index (χ4n) is 3.48. The second-order valence-corrected chi connectivity index (χ2v) is 7.82. The van der Waals surface area contributed by atoms with Gasteiger partial charge < -0.3 is 14.0 Å². The van der Waals surface area contributed by atoms with E-state index in [1.165, 1.54) is 0 Å². The van der Waals surface area contributed by atoms with E-state index in [0.717, 1.165) is 39.5 Å². The van der Waals surface area contributed by atoms with Gasteiger partial charge in [-0.15, -0.1) is 0 Å². The van der Waals surface area contributed by atoms with Crippen LogP contribution in [0.15, 0.2) is 66.7 Å². The first-order valence-corrected chi connectivity index (χ1v) is 10.5. The molecule has 0 bridgehead atoms. The molecule has 0 saturated carbocycles. The molecule has 1 heterocycles. The van der Waals surface area contributed by atoms with Gasteiger partial charge in [-0.05, 0) is 55.5 Å². The summed E-state index contributed by atoms with van der Waals surface area (Å²) in [5, 5.41) is 1.16. The molecular formula is C25H27NO3S. The second kappa shape index (κ2) is 9.72. The van der Waals surface area contributed by atoms with Gasteiger partial charge in [0.25, 0.3) is 0 Å². The first kappa shape index (κ1) is 21.8. The van der Waals surface area contributed by atoms with Crippen molar-refractivity contribution in [1.82, 2.24) is 4.57 Å². The van der Waals surface area contributed by atoms with E-state index in [1.807, 2.05) is 30.3 Å². The molecule has 0 aliphatic carbocycles. The van der Waals surface area contributed by atoms with Gasteiger partial charge in [0.05, 0.1) is 0 Å². The van der Waals surface area contributed by atoms with Crippen LogP contribution in [-0.4, -0.2) is 17.3 Å². The van der Waals surface area contributed by atoms with Crippen LogP contribution in [0.4, 0.5) is 0 Å². The van der Waals surface area contributed by atoms with Crippen LogP contribution in [-0.2, 0) is 9.53 Å². The predicted octanol–water partition coefficient (Wildman–Crippen LogP) is 6.85. The van der Waals surface area contributed by atoms with E-state index in [9.17, 15) is 4.79 Å². The van der Waals surface area contributed by atoms with Crippen LogP contribution >= 0.6 is 12.2 Å². The molecule has 0 fully saturated rings. The van der Waals surface area contributed by atoms with Crippen LogP contribution in [0.1, 0.15) is 39.7 Å². The van der Waals surface area contributed by atoms with Crippen molar-refractivity contribution in [3.8, 4) is 16.9 Å². The summed E-state index contributed by atoms with van der Waals surface area (Å²) in [4.78, 5) is 11.4. The van der Waals surface area contributed by atoms with E-state index >= 15 is 0 Å². The highest BCUT2D eigenvalue weighted by molar-refractivity contribution is 7.71. The SMILES string of the molecule is C=C(C)C(=O)OCOc1ccc(-c2cc3ccccc3n(C(C)CCC)c2=S)cc1. The van der Waals surface area contributed by atoms with Gasteiger partial charge >= 0.3 is 5.97 Å². The molecule has 4 nitrogen and oxygen atoms in total. The van der Waals surface area contributed by atoms with Crippen molar-refractivity contribution in [2.45, 2.75) is 39.7 Å². The number of rotatable bonds is 8. The van der Waals surface area contributed by atoms with E-state index in [4.69, 9.17) is 21.7 Å². The Balaban J connectivity index is 1.91. The first-order valence-electron chi connectivity index (χ1n) is 10.1. The summed E-state index contributed by atoms with van der Waals surface area (Å²) in [5.41, 5.74) is 3.54. The Labute approximate surface area is 182 Å². The molecule has 156 valence electrons. The van der Waals surface area contributed by atoms with E-state index in [1.54, 1.807) is 6.92 Å². The monoisotopic (exact) mass is 421 g/mol. The van der Waals surface area contributed by atoms with E-state index in [0.29, 0.717) is 17.4 Å². The number of benzene rings is 2. The van der Waals surface area contributed by atoms with Crippen molar-refractivity contribution in [2.24, 2.45) is 0 Å². The van der Waals surface area contributed by atoms with Crippen molar-refractivity contribution >= 4 is 29.1 Å². The van der Waals surface area contributed by atoms with E-state index in [2.05, 4.69) is 49.3 Å². The predicted molar refractivity (Wildman–Crippen MR) is 124 cm³/mol. The maximum absolute atomic E-state index is 11.4. The first-order chi connectivity index (χ1) is 14.4. The quantitative estimate of drug-likeness (QED) is 0.172. The van der Waals surface area contributed by atoms with Gasteiger partial charge in [-0.1, -0.05) is 62.5 Å². The van der Waals surface area contributed by atoms with Gasteiger partial charge in [0.15, 0.2) is 0 Å². The normalized spacial score (nSPS) is 11.8. The lowest BCUT2D eigenvalue weighted by Gasteiger charge is -2.21. The summed E-state index contributed by atoms with van der Waals surface area (Å²) in [6.07, 6.45) is 2.17. The number of hydrogen-bond acceptors (Lipinski definition) is 4. The highest BCUT2D eigenvalue weighted by atomic mass is 32.1. The molecule has 5 heteroatoms. The number of aromatic nitrogens is 1. The summed E-state index contributed by atoms with van der Waals surface area (Å²) < 4.78 is 13.6. The molecule has 1 atom stereocenters. The Morgan fingerprint density at radius 2 is 1.87 bits per heavy atom. The summed E-state index contributed by atoms with van der Waals surface area (Å²) in [5.74, 6) is 0.150. The molecule has 2 aromatic carbocycles. The zero-order chi connectivity index (χ0) is 21.7.